The van der Waals surface area contributed by atoms with Crippen molar-refractivity contribution >= 4 is 5.95 Å². The average Bonchev–Trinajstić information content (AvgIpc) is 2.70. The van der Waals surface area contributed by atoms with Gasteiger partial charge in [-0.05, 0) is 18.9 Å². The van der Waals surface area contributed by atoms with Gasteiger partial charge in [-0.25, -0.2) is 9.37 Å². The Balaban J connectivity index is 2.18. The van der Waals surface area contributed by atoms with Gasteiger partial charge in [0.1, 0.15) is 5.82 Å². The molecule has 4 heteroatoms. The monoisotopic (exact) mass is 261 g/mol. The zero-order chi connectivity index (χ0) is 13.8. The third-order valence-corrected chi connectivity index (χ3v) is 2.86. The first kappa shape index (κ1) is 13.6. The number of anilines is 1. The van der Waals surface area contributed by atoms with Gasteiger partial charge in [-0.15, -0.1) is 0 Å². The lowest BCUT2D eigenvalue weighted by atomic mass is 10.2. The van der Waals surface area contributed by atoms with Crippen LogP contribution >= 0.6 is 0 Å². The zero-order valence-electron chi connectivity index (χ0n) is 11.7. The van der Waals surface area contributed by atoms with Crippen molar-refractivity contribution in [1.82, 2.24) is 9.55 Å². The Morgan fingerprint density at radius 3 is 2.74 bits per heavy atom. The van der Waals surface area contributed by atoms with Gasteiger partial charge in [0.15, 0.2) is 0 Å². The van der Waals surface area contributed by atoms with Crippen LogP contribution < -0.4 is 5.32 Å². The standard InChI is InChI=1S/C15H20FN3/c1-11(2)8-17-15-18-12(3)9-19(15)10-13-6-4-5-7-14(13)16/h4-7,9,11H,8,10H2,1-3H3,(H,17,18). The summed E-state index contributed by atoms with van der Waals surface area (Å²) in [5, 5.41) is 3.30. The second-order valence-corrected chi connectivity index (χ2v) is 5.20. The highest BCUT2D eigenvalue weighted by Crippen LogP contribution is 2.14. The van der Waals surface area contributed by atoms with Crippen LogP contribution in [0.3, 0.4) is 0 Å². The number of rotatable bonds is 5. The predicted octanol–water partition coefficient (Wildman–Crippen LogP) is 3.45. The maximum absolute atomic E-state index is 13.7. The molecule has 0 aliphatic rings. The SMILES string of the molecule is Cc1cn(Cc2ccccc2F)c(NCC(C)C)n1. The molecule has 1 aromatic heterocycles. The van der Waals surface area contributed by atoms with Gasteiger partial charge in [0, 0.05) is 18.3 Å². The molecule has 2 rings (SSSR count). The Bertz CT molecular complexity index is 546. The first-order valence-electron chi connectivity index (χ1n) is 6.57. The average molecular weight is 261 g/mol. The minimum Gasteiger partial charge on any atom is -0.355 e. The van der Waals surface area contributed by atoms with Crippen molar-refractivity contribution in [3.63, 3.8) is 0 Å². The smallest absolute Gasteiger partial charge is 0.203 e. The maximum atomic E-state index is 13.7. The van der Waals surface area contributed by atoms with Crippen LogP contribution in [0.15, 0.2) is 30.5 Å². The van der Waals surface area contributed by atoms with E-state index in [1.807, 2.05) is 23.8 Å². The largest absolute Gasteiger partial charge is 0.355 e. The molecule has 19 heavy (non-hydrogen) atoms. The van der Waals surface area contributed by atoms with Gasteiger partial charge in [-0.1, -0.05) is 32.0 Å². The summed E-state index contributed by atoms with van der Waals surface area (Å²) < 4.78 is 15.6. The molecule has 1 heterocycles. The van der Waals surface area contributed by atoms with E-state index in [-0.39, 0.29) is 5.82 Å². The molecule has 0 radical (unpaired) electrons. The molecule has 0 spiro atoms. The van der Waals surface area contributed by atoms with Crippen molar-refractivity contribution < 1.29 is 4.39 Å². The third kappa shape index (κ3) is 3.56. The summed E-state index contributed by atoms with van der Waals surface area (Å²) in [6, 6.07) is 6.84. The molecule has 0 unspecified atom stereocenters. The zero-order valence-corrected chi connectivity index (χ0v) is 11.7. The highest BCUT2D eigenvalue weighted by atomic mass is 19.1. The molecule has 0 aliphatic carbocycles. The van der Waals surface area contributed by atoms with E-state index in [1.54, 1.807) is 12.1 Å². The summed E-state index contributed by atoms with van der Waals surface area (Å²) in [5.41, 5.74) is 1.61. The van der Waals surface area contributed by atoms with E-state index < -0.39 is 0 Å². The van der Waals surface area contributed by atoms with Gasteiger partial charge in [0.2, 0.25) is 5.95 Å². The topological polar surface area (TPSA) is 29.9 Å². The Hall–Kier alpha value is -1.84. The lowest BCUT2D eigenvalue weighted by Crippen LogP contribution is -2.13. The number of aromatic nitrogens is 2. The van der Waals surface area contributed by atoms with Crippen LogP contribution in [0.4, 0.5) is 10.3 Å². The van der Waals surface area contributed by atoms with Crippen LogP contribution in [-0.4, -0.2) is 16.1 Å². The maximum Gasteiger partial charge on any atom is 0.203 e. The molecule has 0 saturated carbocycles. The summed E-state index contributed by atoms with van der Waals surface area (Å²) in [6.07, 6.45) is 1.94. The Labute approximate surface area is 113 Å². The van der Waals surface area contributed by atoms with Crippen LogP contribution in [0, 0.1) is 18.7 Å². The lowest BCUT2D eigenvalue weighted by Gasteiger charge is -2.11. The van der Waals surface area contributed by atoms with E-state index in [2.05, 4.69) is 24.1 Å². The molecule has 2 aromatic rings. The minimum atomic E-state index is -0.177. The van der Waals surface area contributed by atoms with Gasteiger partial charge in [-0.3, -0.25) is 0 Å². The van der Waals surface area contributed by atoms with Crippen LogP contribution in [0.25, 0.3) is 0 Å². The second kappa shape index (κ2) is 5.87. The molecule has 0 aliphatic heterocycles. The van der Waals surface area contributed by atoms with Crippen LogP contribution in [0.1, 0.15) is 25.1 Å². The summed E-state index contributed by atoms with van der Waals surface area (Å²) in [4.78, 5) is 4.44. The highest BCUT2D eigenvalue weighted by Gasteiger charge is 2.08. The summed E-state index contributed by atoms with van der Waals surface area (Å²) in [7, 11) is 0. The Kier molecular flexibility index (Phi) is 4.20. The second-order valence-electron chi connectivity index (χ2n) is 5.20. The van der Waals surface area contributed by atoms with E-state index in [4.69, 9.17) is 0 Å². The van der Waals surface area contributed by atoms with E-state index >= 15 is 0 Å². The van der Waals surface area contributed by atoms with E-state index in [9.17, 15) is 4.39 Å². The van der Waals surface area contributed by atoms with Crippen molar-refractivity contribution in [1.29, 1.82) is 0 Å². The molecule has 0 amide bonds. The minimum absolute atomic E-state index is 0.177. The molecule has 1 aromatic carbocycles. The highest BCUT2D eigenvalue weighted by molar-refractivity contribution is 5.31. The number of hydrogen-bond donors (Lipinski definition) is 1. The number of aryl methyl sites for hydroxylation is 1. The molecule has 0 fully saturated rings. The molecule has 1 N–H and O–H groups in total. The molecular formula is C15H20FN3. The van der Waals surface area contributed by atoms with Gasteiger partial charge in [0.05, 0.1) is 12.2 Å². The van der Waals surface area contributed by atoms with Gasteiger partial charge >= 0.3 is 0 Å². The fourth-order valence-corrected chi connectivity index (χ4v) is 1.91. The lowest BCUT2D eigenvalue weighted by molar-refractivity contribution is 0.599. The van der Waals surface area contributed by atoms with Crippen LogP contribution in [-0.2, 0) is 6.54 Å². The Morgan fingerprint density at radius 2 is 2.05 bits per heavy atom. The van der Waals surface area contributed by atoms with Crippen LogP contribution in [0.5, 0.6) is 0 Å². The number of halogens is 1. The van der Waals surface area contributed by atoms with E-state index in [0.29, 0.717) is 18.0 Å². The van der Waals surface area contributed by atoms with Crippen LogP contribution in [0.2, 0.25) is 0 Å². The Morgan fingerprint density at radius 1 is 1.32 bits per heavy atom. The fourth-order valence-electron chi connectivity index (χ4n) is 1.91. The molecular weight excluding hydrogens is 241 g/mol. The van der Waals surface area contributed by atoms with Crippen molar-refractivity contribution in [2.24, 2.45) is 5.92 Å². The van der Waals surface area contributed by atoms with Crippen molar-refractivity contribution in [3.05, 3.63) is 47.5 Å². The van der Waals surface area contributed by atoms with Crippen molar-refractivity contribution in [3.8, 4) is 0 Å². The molecule has 0 atom stereocenters. The van der Waals surface area contributed by atoms with Gasteiger partial charge < -0.3 is 9.88 Å². The summed E-state index contributed by atoms with van der Waals surface area (Å²) in [6.45, 7) is 7.58. The van der Waals surface area contributed by atoms with Gasteiger partial charge in [-0.2, -0.15) is 0 Å². The number of nitrogens with zero attached hydrogens (tertiary/aromatic N) is 2. The number of benzene rings is 1. The normalized spacial score (nSPS) is 11.0. The number of imidazole rings is 1. The number of hydrogen-bond acceptors (Lipinski definition) is 2. The molecule has 0 saturated heterocycles. The summed E-state index contributed by atoms with van der Waals surface area (Å²) >= 11 is 0. The van der Waals surface area contributed by atoms with E-state index in [0.717, 1.165) is 18.2 Å². The fraction of sp³-hybridized carbons (Fsp3) is 0.400. The first-order valence-corrected chi connectivity index (χ1v) is 6.57. The van der Waals surface area contributed by atoms with E-state index in [1.165, 1.54) is 6.07 Å². The first-order chi connectivity index (χ1) is 9.06. The molecule has 3 nitrogen and oxygen atoms in total. The molecule has 0 bridgehead atoms. The number of nitrogens with one attached hydrogen (secondary N) is 1. The van der Waals surface area contributed by atoms with Crippen molar-refractivity contribution in [2.45, 2.75) is 27.3 Å². The van der Waals surface area contributed by atoms with Crippen molar-refractivity contribution in [2.75, 3.05) is 11.9 Å². The quantitative estimate of drug-likeness (QED) is 0.893. The molecule has 102 valence electrons. The third-order valence-electron chi connectivity index (χ3n) is 2.86. The van der Waals surface area contributed by atoms with Gasteiger partial charge in [0.25, 0.3) is 0 Å². The summed E-state index contributed by atoms with van der Waals surface area (Å²) in [5.74, 6) is 1.16. The predicted molar refractivity (Wildman–Crippen MR) is 75.8 cm³/mol.